The van der Waals surface area contributed by atoms with Gasteiger partial charge in [-0.25, -0.2) is 4.79 Å². The number of methoxy groups -OCH3 is 4. The van der Waals surface area contributed by atoms with Crippen molar-refractivity contribution in [1.29, 1.82) is 0 Å². The van der Waals surface area contributed by atoms with Crippen LogP contribution in [0, 0.1) is 5.92 Å². The molecule has 4 rings (SSSR count). The molecular formula is C61H87N13O14. The van der Waals surface area contributed by atoms with Crippen molar-refractivity contribution < 1.29 is 67.2 Å². The van der Waals surface area contributed by atoms with Crippen LogP contribution in [0.5, 0.6) is 23.0 Å². The molecule has 0 aromatic heterocycles. The van der Waals surface area contributed by atoms with E-state index in [-0.39, 0.29) is 87.3 Å². The van der Waals surface area contributed by atoms with Crippen molar-refractivity contribution in [2.24, 2.45) is 34.6 Å². The fraction of sp³-hybridized carbons (Fsp3) is 0.459. The van der Waals surface area contributed by atoms with Gasteiger partial charge in [-0.1, -0.05) is 20.3 Å². The van der Waals surface area contributed by atoms with Gasteiger partial charge in [0.1, 0.15) is 47.2 Å². The van der Waals surface area contributed by atoms with Gasteiger partial charge in [0.05, 0.1) is 56.7 Å². The number of carbonyl (C=O) groups excluding carboxylic acids is 8. The molecule has 5 atom stereocenters. The Balaban J connectivity index is 1.56. The number of ether oxygens (including phenoxy) is 4. The zero-order valence-corrected chi connectivity index (χ0v) is 50.8. The minimum absolute atomic E-state index is 0.0239. The lowest BCUT2D eigenvalue weighted by Crippen LogP contribution is -2.45. The summed E-state index contributed by atoms with van der Waals surface area (Å²) in [6.07, 6.45) is 5.02. The summed E-state index contributed by atoms with van der Waals surface area (Å²) in [6, 6.07) is 11.7. The average Bonchev–Trinajstić information content (AvgIpc) is 3.19. The topological polar surface area (TPSA) is 437 Å². The highest BCUT2D eigenvalue weighted by molar-refractivity contribution is 6.08. The number of carboxylic acid groups (broad SMARTS) is 1. The summed E-state index contributed by atoms with van der Waals surface area (Å²) in [6.45, 7) is 4.67. The highest BCUT2D eigenvalue weighted by atomic mass is 16.5. The number of rotatable bonds is 38. The van der Waals surface area contributed by atoms with Crippen molar-refractivity contribution >= 4 is 76.0 Å². The van der Waals surface area contributed by atoms with Crippen LogP contribution in [0.4, 0.5) is 22.7 Å². The Morgan fingerprint density at radius 3 is 0.909 bits per heavy atom. The van der Waals surface area contributed by atoms with Gasteiger partial charge in [-0.2, -0.15) is 0 Å². The van der Waals surface area contributed by atoms with E-state index in [0.717, 1.165) is 0 Å². The summed E-state index contributed by atoms with van der Waals surface area (Å²) in [5.41, 5.74) is 29.5. The Hall–Kier alpha value is -8.89. The number of aliphatic carboxylic acids is 1. The van der Waals surface area contributed by atoms with Gasteiger partial charge in [-0.3, -0.25) is 38.4 Å². The first kappa shape index (κ1) is 71.6. The number of amides is 8. The van der Waals surface area contributed by atoms with Crippen LogP contribution in [0.25, 0.3) is 0 Å². The van der Waals surface area contributed by atoms with Gasteiger partial charge in [-0.05, 0) is 176 Å². The summed E-state index contributed by atoms with van der Waals surface area (Å²) in [4.78, 5) is 123. The van der Waals surface area contributed by atoms with Gasteiger partial charge in [-0.15, -0.1) is 0 Å². The van der Waals surface area contributed by atoms with E-state index in [1.54, 1.807) is 19.9 Å². The molecule has 1 unspecified atom stereocenters. The van der Waals surface area contributed by atoms with Crippen LogP contribution in [0.2, 0.25) is 0 Å². The summed E-state index contributed by atoms with van der Waals surface area (Å²) < 4.78 is 21.9. The maximum Gasteiger partial charge on any atom is 0.326 e. The molecule has 0 aliphatic rings. The van der Waals surface area contributed by atoms with E-state index in [1.165, 1.54) is 95.2 Å². The van der Waals surface area contributed by atoms with Crippen LogP contribution < -0.4 is 90.2 Å². The lowest BCUT2D eigenvalue weighted by molar-refractivity contribution is -0.140. The SMILES string of the molecule is COc1ccc(NC(=O)[C@H](CCCCN)NC(=O)c2cc(NC(=O)[C@H](CCCCN)NC(=O)c3cc(NC(=O)[C@H](CCCCN)NC(=O)c4cc(NC(=O)[C@@H](N)CCCCN)ccc4OC)ccc3OC)ccc2OC)cc1C(=O)NC(C(=O)O)C(C)C. The molecule has 0 aliphatic heterocycles. The Bertz CT molecular complexity index is 3040. The summed E-state index contributed by atoms with van der Waals surface area (Å²) in [5, 5.41) is 31.5. The predicted octanol–water partition coefficient (Wildman–Crippen LogP) is 3.55. The van der Waals surface area contributed by atoms with Crippen LogP contribution in [0.3, 0.4) is 0 Å². The highest BCUT2D eigenvalue weighted by Gasteiger charge is 2.30. The number of hydrogen-bond donors (Lipinski definition) is 14. The van der Waals surface area contributed by atoms with Gasteiger partial charge in [0.15, 0.2) is 0 Å². The molecule has 0 saturated heterocycles. The van der Waals surface area contributed by atoms with Crippen LogP contribution in [0.1, 0.15) is 132 Å². The van der Waals surface area contributed by atoms with Crippen LogP contribution in [-0.2, 0) is 24.0 Å². The second-order valence-corrected chi connectivity index (χ2v) is 21.0. The molecule has 0 heterocycles. The monoisotopic (exact) mass is 1230 g/mol. The number of benzene rings is 4. The zero-order valence-electron chi connectivity index (χ0n) is 50.8. The number of hydrogen-bond acceptors (Lipinski definition) is 18. The van der Waals surface area contributed by atoms with E-state index in [1.807, 2.05) is 0 Å². The smallest absolute Gasteiger partial charge is 0.326 e. The molecule has 27 nitrogen and oxygen atoms in total. The first-order valence-corrected chi connectivity index (χ1v) is 29.1. The van der Waals surface area contributed by atoms with Crippen molar-refractivity contribution in [3.63, 3.8) is 0 Å². The van der Waals surface area contributed by atoms with Gasteiger partial charge in [0.2, 0.25) is 23.6 Å². The van der Waals surface area contributed by atoms with Crippen molar-refractivity contribution in [2.75, 3.05) is 75.9 Å². The Morgan fingerprint density at radius 2 is 0.659 bits per heavy atom. The standard InChI is InChI=1S/C61H87N13O14/c1-35(2)52(61(83)84)74-56(78)43-34-39(22-26-51(43)88-6)70-60(82)47(18-10-14-30-65)73-55(77)42-33-38(21-25-50(42)87-5)69-59(81)46(17-9-13-29-64)72-54(76)41-32-37(20-24-49(41)86-4)68-58(80)45(16-8-12-28-63)71-53(75)40-31-36(19-23-48(40)85-3)67-57(79)44(66)15-7-11-27-62/h19-26,31-35,44-47,52H,7-18,27-30,62-66H2,1-6H3,(H,67,79)(H,68,80)(H,69,81)(H,70,82)(H,71,75)(H,72,76)(H,73,77)(H,74,78)(H,83,84)/t44-,45-,46-,47-,52?/m0/s1. The Kier molecular flexibility index (Phi) is 30.1. The van der Waals surface area contributed by atoms with Crippen LogP contribution in [0.15, 0.2) is 72.8 Å². The molecule has 8 amide bonds. The molecule has 27 heteroatoms. The third kappa shape index (κ3) is 21.8. The van der Waals surface area contributed by atoms with Crippen molar-refractivity contribution in [3.05, 3.63) is 95.1 Å². The highest BCUT2D eigenvalue weighted by Crippen LogP contribution is 2.28. The van der Waals surface area contributed by atoms with Crippen LogP contribution in [-0.4, -0.2) is 143 Å². The molecule has 0 spiro atoms. The Labute approximate surface area is 512 Å². The number of nitrogens with two attached hydrogens (primary N) is 5. The second kappa shape index (κ2) is 37.0. The normalized spacial score (nSPS) is 12.6. The first-order valence-electron chi connectivity index (χ1n) is 29.1. The second-order valence-electron chi connectivity index (χ2n) is 21.0. The molecule has 19 N–H and O–H groups in total. The molecule has 0 fully saturated rings. The Morgan fingerprint density at radius 1 is 0.398 bits per heavy atom. The van der Waals surface area contributed by atoms with E-state index >= 15 is 0 Å². The third-order valence-electron chi connectivity index (χ3n) is 14.1. The summed E-state index contributed by atoms with van der Waals surface area (Å²) in [5.74, 6) is -6.63. The minimum atomic E-state index is -1.23. The van der Waals surface area contributed by atoms with E-state index in [0.29, 0.717) is 84.0 Å². The predicted molar refractivity (Wildman–Crippen MR) is 334 cm³/mol. The fourth-order valence-corrected chi connectivity index (χ4v) is 9.14. The van der Waals surface area contributed by atoms with Gasteiger partial charge < -0.3 is 95.3 Å². The molecule has 480 valence electrons. The minimum Gasteiger partial charge on any atom is -0.496 e. The molecule has 0 saturated carbocycles. The molecule has 88 heavy (non-hydrogen) atoms. The van der Waals surface area contributed by atoms with Crippen molar-refractivity contribution in [1.82, 2.24) is 21.3 Å². The van der Waals surface area contributed by atoms with Crippen molar-refractivity contribution in [2.45, 2.75) is 121 Å². The third-order valence-corrected chi connectivity index (χ3v) is 14.1. The molecule has 0 aliphatic carbocycles. The number of unbranched alkanes of at least 4 members (excludes halogenated alkanes) is 4. The number of nitrogens with one attached hydrogen (secondary N) is 8. The number of carboxylic acids is 1. The number of anilines is 4. The molecular weight excluding hydrogens is 1140 g/mol. The van der Waals surface area contributed by atoms with Gasteiger partial charge in [0, 0.05) is 22.7 Å². The summed E-state index contributed by atoms with van der Waals surface area (Å²) >= 11 is 0. The van der Waals surface area contributed by atoms with Crippen molar-refractivity contribution in [3.8, 4) is 23.0 Å². The largest absolute Gasteiger partial charge is 0.496 e. The zero-order chi connectivity index (χ0) is 64.9. The van der Waals surface area contributed by atoms with E-state index in [2.05, 4.69) is 42.5 Å². The van der Waals surface area contributed by atoms with Gasteiger partial charge >= 0.3 is 5.97 Å². The molecule has 4 aromatic carbocycles. The maximum absolute atomic E-state index is 14.3. The molecule has 0 bridgehead atoms. The van der Waals surface area contributed by atoms with E-state index in [9.17, 15) is 48.3 Å². The van der Waals surface area contributed by atoms with Crippen LogP contribution >= 0.6 is 0 Å². The lowest BCUT2D eigenvalue weighted by atomic mass is 10.0. The molecule has 0 radical (unpaired) electrons. The lowest BCUT2D eigenvalue weighted by Gasteiger charge is -2.22. The average molecular weight is 1230 g/mol. The van der Waals surface area contributed by atoms with Gasteiger partial charge in [0.25, 0.3) is 23.6 Å². The quantitative estimate of drug-likeness (QED) is 0.0285. The first-order chi connectivity index (χ1) is 42.2. The fourth-order valence-electron chi connectivity index (χ4n) is 9.14. The van der Waals surface area contributed by atoms with E-state index in [4.69, 9.17) is 47.6 Å². The number of carbonyl (C=O) groups is 9. The molecule has 4 aromatic rings. The maximum atomic E-state index is 14.3. The summed E-state index contributed by atoms with van der Waals surface area (Å²) in [7, 11) is 5.37. The van der Waals surface area contributed by atoms with E-state index < -0.39 is 89.4 Å².